The summed E-state index contributed by atoms with van der Waals surface area (Å²) in [5, 5.41) is 6.45. The molecule has 1 saturated heterocycles. The van der Waals surface area contributed by atoms with Crippen molar-refractivity contribution in [1.29, 1.82) is 0 Å². The highest BCUT2D eigenvalue weighted by molar-refractivity contribution is 5.85. The Bertz CT molecular complexity index is 295. The van der Waals surface area contributed by atoms with Gasteiger partial charge < -0.3 is 15.4 Å². The minimum absolute atomic E-state index is 0.143. The number of carbonyl (C=O) groups is 1. The normalized spacial score (nSPS) is 29.7. The molecule has 0 aromatic rings. The van der Waals surface area contributed by atoms with Gasteiger partial charge in [-0.15, -0.1) is 0 Å². The Labute approximate surface area is 109 Å². The van der Waals surface area contributed by atoms with Gasteiger partial charge >= 0.3 is 0 Å². The minimum atomic E-state index is -0.416. The van der Waals surface area contributed by atoms with Crippen LogP contribution in [0.25, 0.3) is 0 Å². The van der Waals surface area contributed by atoms with Gasteiger partial charge in [0.1, 0.15) is 0 Å². The summed E-state index contributed by atoms with van der Waals surface area (Å²) < 4.78 is 5.23. The van der Waals surface area contributed by atoms with Crippen LogP contribution in [0.15, 0.2) is 0 Å². The van der Waals surface area contributed by atoms with Crippen LogP contribution in [-0.4, -0.2) is 61.8 Å². The Kier molecular flexibility index (Phi) is 4.25. The molecule has 1 heterocycles. The molecule has 0 aromatic heterocycles. The highest BCUT2D eigenvalue weighted by atomic mass is 16.5. The molecule has 1 aliphatic carbocycles. The number of hydrogen-bond donors (Lipinski definition) is 2. The smallest absolute Gasteiger partial charge is 0.240 e. The van der Waals surface area contributed by atoms with Crippen molar-refractivity contribution in [2.75, 3.05) is 33.3 Å². The fourth-order valence-corrected chi connectivity index (χ4v) is 2.61. The number of nitrogens with one attached hydrogen (secondary N) is 2. The lowest BCUT2D eigenvalue weighted by molar-refractivity contribution is -0.134. The van der Waals surface area contributed by atoms with E-state index < -0.39 is 5.54 Å². The Balaban J connectivity index is 1.83. The van der Waals surface area contributed by atoms with Gasteiger partial charge in [-0.05, 0) is 26.7 Å². The van der Waals surface area contributed by atoms with Crippen molar-refractivity contribution in [2.45, 2.75) is 44.4 Å². The first kappa shape index (κ1) is 13.8. The number of hydrogen-bond acceptors (Lipinski definition) is 4. The first-order chi connectivity index (χ1) is 8.54. The molecule has 0 aromatic carbocycles. The second kappa shape index (κ2) is 5.55. The monoisotopic (exact) mass is 255 g/mol. The van der Waals surface area contributed by atoms with Crippen LogP contribution in [0, 0.1) is 0 Å². The maximum absolute atomic E-state index is 12.3. The van der Waals surface area contributed by atoms with Gasteiger partial charge in [-0.3, -0.25) is 9.69 Å². The van der Waals surface area contributed by atoms with Crippen molar-refractivity contribution in [3.8, 4) is 0 Å². The lowest BCUT2D eigenvalue weighted by Crippen LogP contribution is -2.62. The van der Waals surface area contributed by atoms with E-state index in [1.54, 1.807) is 7.11 Å². The molecular weight excluding hydrogens is 230 g/mol. The van der Waals surface area contributed by atoms with Gasteiger partial charge in [0.05, 0.1) is 11.6 Å². The molecule has 1 amide bonds. The van der Waals surface area contributed by atoms with Crippen molar-refractivity contribution >= 4 is 5.91 Å². The average Bonchev–Trinajstić information content (AvgIpc) is 2.33. The highest BCUT2D eigenvalue weighted by Gasteiger charge is 2.38. The van der Waals surface area contributed by atoms with Crippen LogP contribution in [0.5, 0.6) is 0 Å². The van der Waals surface area contributed by atoms with Gasteiger partial charge in [0.25, 0.3) is 0 Å². The number of nitrogens with zero attached hydrogens (tertiary/aromatic N) is 1. The maximum Gasteiger partial charge on any atom is 0.240 e. The number of carbonyl (C=O) groups excluding carboxylic acids is 1. The summed E-state index contributed by atoms with van der Waals surface area (Å²) in [7, 11) is 1.73. The van der Waals surface area contributed by atoms with E-state index in [0.717, 1.165) is 39.0 Å². The van der Waals surface area contributed by atoms with E-state index in [-0.39, 0.29) is 5.91 Å². The molecule has 2 aliphatic rings. The first-order valence-corrected chi connectivity index (χ1v) is 6.83. The number of rotatable bonds is 4. The highest BCUT2D eigenvalue weighted by Crippen LogP contribution is 2.24. The van der Waals surface area contributed by atoms with Crippen LogP contribution in [0.2, 0.25) is 0 Å². The van der Waals surface area contributed by atoms with Gasteiger partial charge in [0, 0.05) is 39.3 Å². The van der Waals surface area contributed by atoms with Gasteiger partial charge in [0.2, 0.25) is 5.91 Å². The van der Waals surface area contributed by atoms with Gasteiger partial charge in [0.15, 0.2) is 0 Å². The third-order valence-electron chi connectivity index (χ3n) is 4.23. The topological polar surface area (TPSA) is 53.6 Å². The molecule has 0 bridgehead atoms. The zero-order valence-corrected chi connectivity index (χ0v) is 11.7. The van der Waals surface area contributed by atoms with E-state index in [1.165, 1.54) is 0 Å². The molecule has 104 valence electrons. The lowest BCUT2D eigenvalue weighted by Gasteiger charge is -2.42. The van der Waals surface area contributed by atoms with E-state index in [1.807, 2.05) is 13.8 Å². The Morgan fingerprint density at radius 1 is 1.33 bits per heavy atom. The van der Waals surface area contributed by atoms with Crippen LogP contribution < -0.4 is 10.6 Å². The number of ether oxygens (including phenoxy) is 1. The van der Waals surface area contributed by atoms with Crippen LogP contribution in [0.1, 0.15) is 26.7 Å². The van der Waals surface area contributed by atoms with Crippen LogP contribution in [0.3, 0.4) is 0 Å². The second-order valence-corrected chi connectivity index (χ2v) is 5.80. The van der Waals surface area contributed by atoms with E-state index in [2.05, 4.69) is 15.5 Å². The van der Waals surface area contributed by atoms with Gasteiger partial charge in [-0.2, -0.15) is 0 Å². The number of amides is 1. The fourth-order valence-electron chi connectivity index (χ4n) is 2.61. The Morgan fingerprint density at radius 3 is 2.50 bits per heavy atom. The third-order valence-corrected chi connectivity index (χ3v) is 4.23. The van der Waals surface area contributed by atoms with Crippen LogP contribution in [-0.2, 0) is 9.53 Å². The van der Waals surface area contributed by atoms with E-state index in [9.17, 15) is 4.79 Å². The molecule has 0 radical (unpaired) electrons. The quantitative estimate of drug-likeness (QED) is 0.740. The summed E-state index contributed by atoms with van der Waals surface area (Å²) in [6, 6.07) is 0.296. The van der Waals surface area contributed by atoms with Crippen molar-refractivity contribution in [3.05, 3.63) is 0 Å². The Morgan fingerprint density at radius 2 is 1.94 bits per heavy atom. The number of piperazine rings is 1. The average molecular weight is 255 g/mol. The molecule has 1 saturated carbocycles. The second-order valence-electron chi connectivity index (χ2n) is 5.80. The molecular formula is C13H25N3O2. The van der Waals surface area contributed by atoms with Crippen molar-refractivity contribution < 1.29 is 9.53 Å². The zero-order chi connectivity index (χ0) is 13.2. The summed E-state index contributed by atoms with van der Waals surface area (Å²) in [5.41, 5.74) is -0.416. The largest absolute Gasteiger partial charge is 0.381 e. The lowest BCUT2D eigenvalue weighted by atomic mass is 9.88. The summed E-state index contributed by atoms with van der Waals surface area (Å²) in [4.78, 5) is 14.6. The van der Waals surface area contributed by atoms with Gasteiger partial charge in [-0.25, -0.2) is 0 Å². The fraction of sp³-hybridized carbons (Fsp3) is 0.923. The molecule has 5 nitrogen and oxygen atoms in total. The van der Waals surface area contributed by atoms with Crippen LogP contribution >= 0.6 is 0 Å². The molecule has 5 heteroatoms. The zero-order valence-electron chi connectivity index (χ0n) is 11.7. The van der Waals surface area contributed by atoms with Gasteiger partial charge in [-0.1, -0.05) is 0 Å². The molecule has 2 N–H and O–H groups in total. The third kappa shape index (κ3) is 2.84. The molecule has 0 spiro atoms. The maximum atomic E-state index is 12.3. The molecule has 2 fully saturated rings. The minimum Gasteiger partial charge on any atom is -0.381 e. The summed E-state index contributed by atoms with van der Waals surface area (Å²) >= 11 is 0. The molecule has 0 unspecified atom stereocenters. The van der Waals surface area contributed by atoms with Crippen molar-refractivity contribution in [1.82, 2.24) is 15.5 Å². The SMILES string of the molecule is COC1CC(NC(=O)C(C)(C)N2CCNCC2)C1. The predicted molar refractivity (Wildman–Crippen MR) is 70.5 cm³/mol. The molecule has 0 atom stereocenters. The van der Waals surface area contributed by atoms with Crippen LogP contribution in [0.4, 0.5) is 0 Å². The summed E-state index contributed by atoms with van der Waals surface area (Å²) in [5.74, 6) is 0.143. The predicted octanol–water partition coefficient (Wildman–Crippen LogP) is -0.0362. The molecule has 2 rings (SSSR count). The Hall–Kier alpha value is -0.650. The standard InChI is InChI=1S/C13H25N3O2/c1-13(2,16-6-4-14-5-7-16)12(17)15-10-8-11(9-10)18-3/h10-11,14H,4-9H2,1-3H3,(H,15,17). The molecule has 18 heavy (non-hydrogen) atoms. The summed E-state index contributed by atoms with van der Waals surface area (Å²) in [6.45, 7) is 7.83. The first-order valence-electron chi connectivity index (χ1n) is 6.83. The number of methoxy groups -OCH3 is 1. The van der Waals surface area contributed by atoms with E-state index in [4.69, 9.17) is 4.74 Å². The van der Waals surface area contributed by atoms with Crippen molar-refractivity contribution in [2.24, 2.45) is 0 Å². The van der Waals surface area contributed by atoms with E-state index >= 15 is 0 Å². The van der Waals surface area contributed by atoms with E-state index in [0.29, 0.717) is 12.1 Å². The van der Waals surface area contributed by atoms with Crippen molar-refractivity contribution in [3.63, 3.8) is 0 Å². The molecule has 1 aliphatic heterocycles. The summed E-state index contributed by atoms with van der Waals surface area (Å²) in [6.07, 6.45) is 2.22.